The highest BCUT2D eigenvalue weighted by atomic mass is 19.1. The number of pyridine rings is 1. The second kappa shape index (κ2) is 7.31. The lowest BCUT2D eigenvalue weighted by Crippen LogP contribution is -2.39. The lowest BCUT2D eigenvalue weighted by Gasteiger charge is -2.34. The summed E-state index contributed by atoms with van der Waals surface area (Å²) < 4.78 is 32.8. The largest absolute Gasteiger partial charge is 0.378 e. The highest BCUT2D eigenvalue weighted by Crippen LogP contribution is 2.27. The Morgan fingerprint density at radius 3 is 2.96 bits per heavy atom. The highest BCUT2D eigenvalue weighted by molar-refractivity contribution is 5.59. The van der Waals surface area contributed by atoms with E-state index in [0.717, 1.165) is 24.7 Å². The van der Waals surface area contributed by atoms with Crippen LogP contribution in [-0.2, 0) is 11.3 Å². The Morgan fingerprint density at radius 2 is 2.15 bits per heavy atom. The van der Waals surface area contributed by atoms with E-state index in [9.17, 15) is 8.78 Å². The van der Waals surface area contributed by atoms with Crippen LogP contribution >= 0.6 is 0 Å². The van der Waals surface area contributed by atoms with E-state index in [1.165, 1.54) is 12.1 Å². The standard InChI is InChI=1S/C19H18F2N4O/c20-14-3-4-15(16(21)8-14)17-10-23-19(24-17)18-12-26-7-6-25(18)11-13-2-1-5-22-9-13/h1-5,8-10,18H,6-7,11-12H2,(H,23,24)/t18-/m0/s1. The minimum atomic E-state index is -0.618. The Hall–Kier alpha value is -2.64. The van der Waals surface area contributed by atoms with Crippen LogP contribution in [0.25, 0.3) is 11.3 Å². The van der Waals surface area contributed by atoms with Gasteiger partial charge < -0.3 is 9.72 Å². The summed E-state index contributed by atoms with van der Waals surface area (Å²) in [4.78, 5) is 14.0. The normalized spacial score (nSPS) is 18.2. The predicted molar refractivity (Wildman–Crippen MR) is 92.1 cm³/mol. The molecule has 0 bridgehead atoms. The van der Waals surface area contributed by atoms with Gasteiger partial charge in [0, 0.05) is 37.1 Å². The number of imidazole rings is 1. The maximum Gasteiger partial charge on any atom is 0.135 e. The molecule has 2 aromatic heterocycles. The van der Waals surface area contributed by atoms with Crippen molar-refractivity contribution in [1.82, 2.24) is 19.9 Å². The highest BCUT2D eigenvalue weighted by Gasteiger charge is 2.27. The molecule has 0 unspecified atom stereocenters. The topological polar surface area (TPSA) is 54.0 Å². The average molecular weight is 356 g/mol. The third-order valence-electron chi connectivity index (χ3n) is 4.48. The van der Waals surface area contributed by atoms with Gasteiger partial charge in [-0.2, -0.15) is 0 Å². The van der Waals surface area contributed by atoms with Crippen LogP contribution in [0.2, 0.25) is 0 Å². The van der Waals surface area contributed by atoms with Gasteiger partial charge in [-0.1, -0.05) is 6.07 Å². The molecule has 3 aromatic rings. The van der Waals surface area contributed by atoms with Crippen molar-refractivity contribution < 1.29 is 13.5 Å². The molecule has 0 spiro atoms. The minimum absolute atomic E-state index is 0.0683. The smallest absolute Gasteiger partial charge is 0.135 e. The van der Waals surface area contributed by atoms with Crippen molar-refractivity contribution in [3.05, 3.63) is 71.9 Å². The number of benzene rings is 1. The molecule has 1 saturated heterocycles. The second-order valence-corrected chi connectivity index (χ2v) is 6.23. The molecule has 1 aromatic carbocycles. The molecule has 5 nitrogen and oxygen atoms in total. The summed E-state index contributed by atoms with van der Waals surface area (Å²) >= 11 is 0. The first-order valence-corrected chi connectivity index (χ1v) is 8.42. The number of aromatic amines is 1. The molecular weight excluding hydrogens is 338 g/mol. The van der Waals surface area contributed by atoms with Gasteiger partial charge in [0.15, 0.2) is 0 Å². The summed E-state index contributed by atoms with van der Waals surface area (Å²) in [7, 11) is 0. The van der Waals surface area contributed by atoms with Crippen molar-refractivity contribution in [3.63, 3.8) is 0 Å². The summed E-state index contributed by atoms with van der Waals surface area (Å²) in [6.45, 7) is 2.64. The molecule has 1 fully saturated rings. The molecule has 134 valence electrons. The Labute approximate surface area is 149 Å². The van der Waals surface area contributed by atoms with E-state index >= 15 is 0 Å². The first-order chi connectivity index (χ1) is 12.7. The van der Waals surface area contributed by atoms with Gasteiger partial charge in [0.2, 0.25) is 0 Å². The van der Waals surface area contributed by atoms with E-state index in [-0.39, 0.29) is 6.04 Å². The summed E-state index contributed by atoms with van der Waals surface area (Å²) in [5, 5.41) is 0. The third kappa shape index (κ3) is 3.49. The molecule has 0 saturated carbocycles. The Kier molecular flexibility index (Phi) is 4.73. The second-order valence-electron chi connectivity index (χ2n) is 6.23. The monoisotopic (exact) mass is 356 g/mol. The quantitative estimate of drug-likeness (QED) is 0.779. The molecular formula is C19H18F2N4O. The molecule has 1 N–H and O–H groups in total. The summed E-state index contributed by atoms with van der Waals surface area (Å²) in [5.41, 5.74) is 1.92. The molecule has 7 heteroatoms. The van der Waals surface area contributed by atoms with Gasteiger partial charge >= 0.3 is 0 Å². The summed E-state index contributed by atoms with van der Waals surface area (Å²) in [5.74, 6) is -0.519. The van der Waals surface area contributed by atoms with Gasteiger partial charge in [-0.25, -0.2) is 13.8 Å². The van der Waals surface area contributed by atoms with Crippen LogP contribution in [0.4, 0.5) is 8.78 Å². The van der Waals surface area contributed by atoms with Crippen LogP contribution in [0.15, 0.2) is 48.9 Å². The molecule has 0 aliphatic carbocycles. The lowest BCUT2D eigenvalue weighted by molar-refractivity contribution is -0.0156. The Balaban J connectivity index is 1.58. The predicted octanol–water partition coefficient (Wildman–Crippen LogP) is 3.32. The number of H-pyrrole nitrogens is 1. The zero-order chi connectivity index (χ0) is 17.9. The fourth-order valence-corrected chi connectivity index (χ4v) is 3.16. The molecule has 1 aliphatic rings. The van der Waals surface area contributed by atoms with Gasteiger partial charge in [-0.3, -0.25) is 9.88 Å². The van der Waals surface area contributed by atoms with Crippen LogP contribution in [0.5, 0.6) is 0 Å². The third-order valence-corrected chi connectivity index (χ3v) is 4.48. The van der Waals surface area contributed by atoms with E-state index in [4.69, 9.17) is 4.74 Å². The van der Waals surface area contributed by atoms with E-state index in [2.05, 4.69) is 19.9 Å². The lowest BCUT2D eigenvalue weighted by atomic mass is 10.1. The van der Waals surface area contributed by atoms with Crippen molar-refractivity contribution in [2.45, 2.75) is 12.6 Å². The van der Waals surface area contributed by atoms with Gasteiger partial charge in [0.05, 0.1) is 31.1 Å². The number of morpholine rings is 1. The van der Waals surface area contributed by atoms with Crippen LogP contribution in [-0.4, -0.2) is 39.6 Å². The zero-order valence-electron chi connectivity index (χ0n) is 14.0. The number of hydrogen-bond acceptors (Lipinski definition) is 4. The molecule has 1 aliphatic heterocycles. The van der Waals surface area contributed by atoms with Crippen LogP contribution in [0, 0.1) is 11.6 Å². The van der Waals surface area contributed by atoms with Crippen LogP contribution in [0.3, 0.4) is 0 Å². The van der Waals surface area contributed by atoms with Crippen LogP contribution < -0.4 is 0 Å². The molecule has 0 amide bonds. The Bertz CT molecular complexity index is 884. The fraction of sp³-hybridized carbons (Fsp3) is 0.263. The number of ether oxygens (including phenoxy) is 1. The van der Waals surface area contributed by atoms with Gasteiger partial charge in [-0.15, -0.1) is 0 Å². The molecule has 0 radical (unpaired) electrons. The van der Waals surface area contributed by atoms with E-state index in [1.54, 1.807) is 12.4 Å². The number of nitrogens with zero attached hydrogens (tertiary/aromatic N) is 3. The van der Waals surface area contributed by atoms with Gasteiger partial charge in [0.25, 0.3) is 0 Å². The average Bonchev–Trinajstić information content (AvgIpc) is 3.13. The Morgan fingerprint density at radius 1 is 1.23 bits per heavy atom. The minimum Gasteiger partial charge on any atom is -0.378 e. The van der Waals surface area contributed by atoms with E-state index < -0.39 is 11.6 Å². The SMILES string of the molecule is Fc1ccc(-c2cnc([C@@H]3COCCN3Cc3cccnc3)[nH]2)c(F)c1. The fourth-order valence-electron chi connectivity index (χ4n) is 3.16. The number of halogens is 2. The first kappa shape index (κ1) is 16.8. The van der Waals surface area contributed by atoms with Crippen molar-refractivity contribution in [2.24, 2.45) is 0 Å². The van der Waals surface area contributed by atoms with Gasteiger partial charge in [-0.05, 0) is 23.8 Å². The van der Waals surface area contributed by atoms with Crippen molar-refractivity contribution >= 4 is 0 Å². The molecule has 26 heavy (non-hydrogen) atoms. The first-order valence-electron chi connectivity index (χ1n) is 8.42. The number of hydrogen-bond donors (Lipinski definition) is 1. The summed E-state index contributed by atoms with van der Waals surface area (Å²) in [6, 6.07) is 7.38. The maximum atomic E-state index is 14.0. The molecule has 1 atom stereocenters. The van der Waals surface area contributed by atoms with Crippen LogP contribution in [0.1, 0.15) is 17.4 Å². The van der Waals surface area contributed by atoms with Crippen molar-refractivity contribution in [2.75, 3.05) is 19.8 Å². The molecule has 3 heterocycles. The van der Waals surface area contributed by atoms with E-state index in [0.29, 0.717) is 30.3 Å². The number of rotatable bonds is 4. The summed E-state index contributed by atoms with van der Waals surface area (Å²) in [6.07, 6.45) is 5.16. The molecule has 4 rings (SSSR count). The number of aromatic nitrogens is 3. The maximum absolute atomic E-state index is 14.0. The van der Waals surface area contributed by atoms with Crippen molar-refractivity contribution in [3.8, 4) is 11.3 Å². The van der Waals surface area contributed by atoms with Crippen molar-refractivity contribution in [1.29, 1.82) is 0 Å². The van der Waals surface area contributed by atoms with Gasteiger partial charge in [0.1, 0.15) is 17.5 Å². The number of nitrogens with one attached hydrogen (secondary N) is 1. The van der Waals surface area contributed by atoms with E-state index in [1.807, 2.05) is 18.3 Å². The zero-order valence-corrected chi connectivity index (χ0v) is 14.0.